The number of furan rings is 1. The molecule has 1 aromatic carbocycles. The number of nitrogens with one attached hydrogen (secondary N) is 2. The van der Waals surface area contributed by atoms with E-state index < -0.39 is 0 Å². The summed E-state index contributed by atoms with van der Waals surface area (Å²) in [6.45, 7) is 6.54. The Labute approximate surface area is 146 Å². The van der Waals surface area contributed by atoms with Crippen molar-refractivity contribution >= 4 is 21.8 Å². The third-order valence-corrected chi connectivity index (χ3v) is 4.34. The molecule has 4 nitrogen and oxygen atoms in total. The molecule has 2 atom stereocenters. The van der Waals surface area contributed by atoms with E-state index in [1.165, 1.54) is 0 Å². The molecule has 1 heterocycles. The summed E-state index contributed by atoms with van der Waals surface area (Å²) in [4.78, 5) is 13.2. The van der Waals surface area contributed by atoms with Crippen LogP contribution >= 0.6 is 15.9 Å². The van der Waals surface area contributed by atoms with Crippen molar-refractivity contribution in [3.63, 3.8) is 0 Å². The van der Waals surface area contributed by atoms with Gasteiger partial charge in [-0.1, -0.05) is 28.1 Å². The third-order valence-electron chi connectivity index (χ3n) is 3.81. The van der Waals surface area contributed by atoms with Crippen LogP contribution in [0.15, 0.2) is 45.3 Å². The number of hydrogen-bond donors (Lipinski definition) is 2. The topological polar surface area (TPSA) is 46.7 Å². The molecule has 1 aromatic heterocycles. The average Bonchev–Trinajstić information content (AvgIpc) is 2.94. The summed E-state index contributed by atoms with van der Waals surface area (Å²) in [5.41, 5.74) is 1.04. The zero-order chi connectivity index (χ0) is 17.0. The Hall–Kier alpha value is -1.59. The van der Waals surface area contributed by atoms with Gasteiger partial charge in [-0.2, -0.15) is 0 Å². The van der Waals surface area contributed by atoms with E-state index in [1.54, 1.807) is 0 Å². The number of rotatable bonds is 6. The maximum Gasteiger partial charge on any atom is 0.278 e. The van der Waals surface area contributed by atoms with E-state index in [1.807, 2.05) is 64.2 Å². The largest absolute Gasteiger partial charge is 0.455 e. The lowest BCUT2D eigenvalue weighted by molar-refractivity contribution is -0.909. The molecule has 0 bridgehead atoms. The van der Waals surface area contributed by atoms with E-state index >= 15 is 0 Å². The Morgan fingerprint density at radius 1 is 1.17 bits per heavy atom. The van der Waals surface area contributed by atoms with Crippen molar-refractivity contribution < 1.29 is 14.1 Å². The monoisotopic (exact) mass is 379 g/mol. The van der Waals surface area contributed by atoms with E-state index in [4.69, 9.17) is 4.42 Å². The SMILES string of the molecule is CC(C)NC(=O)[C@H](C)[NH+](C)Cc1ccc(-c2ccc(Br)cc2)o1. The van der Waals surface area contributed by atoms with Crippen LogP contribution < -0.4 is 10.2 Å². The van der Waals surface area contributed by atoms with Crippen molar-refractivity contribution in [1.29, 1.82) is 0 Å². The first kappa shape index (κ1) is 17.8. The highest BCUT2D eigenvalue weighted by Gasteiger charge is 2.23. The van der Waals surface area contributed by atoms with Crippen molar-refractivity contribution in [3.05, 3.63) is 46.6 Å². The van der Waals surface area contributed by atoms with Crippen LogP contribution in [-0.2, 0) is 11.3 Å². The second kappa shape index (κ2) is 7.79. The Balaban J connectivity index is 2.01. The third kappa shape index (κ3) is 4.94. The summed E-state index contributed by atoms with van der Waals surface area (Å²) in [5.74, 6) is 1.79. The first-order chi connectivity index (χ1) is 10.9. The first-order valence-corrected chi connectivity index (χ1v) is 8.63. The molecular formula is C18H24BrN2O2+. The maximum atomic E-state index is 12.1. The Morgan fingerprint density at radius 3 is 2.43 bits per heavy atom. The molecule has 124 valence electrons. The van der Waals surface area contributed by atoms with Gasteiger partial charge in [-0.15, -0.1) is 0 Å². The summed E-state index contributed by atoms with van der Waals surface area (Å²) < 4.78 is 6.97. The number of hydrogen-bond acceptors (Lipinski definition) is 2. The highest BCUT2D eigenvalue weighted by atomic mass is 79.9. The highest BCUT2D eigenvalue weighted by molar-refractivity contribution is 9.10. The van der Waals surface area contributed by atoms with Crippen LogP contribution in [0.5, 0.6) is 0 Å². The number of carbonyl (C=O) groups excluding carboxylic acids is 1. The number of halogens is 1. The fourth-order valence-electron chi connectivity index (χ4n) is 2.30. The normalized spacial score (nSPS) is 13.8. The molecule has 2 rings (SSSR count). The van der Waals surface area contributed by atoms with Crippen LogP contribution in [0.2, 0.25) is 0 Å². The summed E-state index contributed by atoms with van der Waals surface area (Å²) in [6, 6.07) is 12.0. The summed E-state index contributed by atoms with van der Waals surface area (Å²) >= 11 is 3.43. The van der Waals surface area contributed by atoms with Gasteiger partial charge in [-0.3, -0.25) is 4.79 Å². The molecule has 0 spiro atoms. The van der Waals surface area contributed by atoms with Crippen molar-refractivity contribution in [2.45, 2.75) is 39.4 Å². The molecule has 0 aliphatic heterocycles. The van der Waals surface area contributed by atoms with Crippen LogP contribution in [0.3, 0.4) is 0 Å². The van der Waals surface area contributed by atoms with E-state index in [-0.39, 0.29) is 18.0 Å². The van der Waals surface area contributed by atoms with Crippen LogP contribution in [0.1, 0.15) is 26.5 Å². The zero-order valence-electron chi connectivity index (χ0n) is 14.0. The first-order valence-electron chi connectivity index (χ1n) is 7.84. The molecule has 0 aliphatic carbocycles. The molecule has 0 saturated heterocycles. The van der Waals surface area contributed by atoms with Gasteiger partial charge in [0.15, 0.2) is 11.8 Å². The highest BCUT2D eigenvalue weighted by Crippen LogP contribution is 2.23. The molecule has 2 aromatic rings. The van der Waals surface area contributed by atoms with Gasteiger partial charge in [0.1, 0.15) is 12.3 Å². The van der Waals surface area contributed by atoms with Gasteiger partial charge >= 0.3 is 0 Å². The molecule has 0 saturated carbocycles. The fourth-order valence-corrected chi connectivity index (χ4v) is 2.57. The van der Waals surface area contributed by atoms with Crippen molar-refractivity contribution in [2.75, 3.05) is 7.05 Å². The van der Waals surface area contributed by atoms with Crippen LogP contribution in [0.4, 0.5) is 0 Å². The summed E-state index contributed by atoms with van der Waals surface area (Å²) in [6.07, 6.45) is 0. The van der Waals surface area contributed by atoms with Crippen LogP contribution in [0, 0.1) is 0 Å². The van der Waals surface area contributed by atoms with Gasteiger partial charge in [-0.25, -0.2) is 0 Å². The van der Waals surface area contributed by atoms with Gasteiger partial charge in [-0.05, 0) is 45.0 Å². The minimum Gasteiger partial charge on any atom is -0.455 e. The number of likely N-dealkylation sites (N-methyl/N-ethyl adjacent to an activating group) is 1. The number of carbonyl (C=O) groups is 1. The molecule has 23 heavy (non-hydrogen) atoms. The molecule has 1 unspecified atom stereocenters. The molecule has 1 amide bonds. The lowest BCUT2D eigenvalue weighted by Gasteiger charge is -2.21. The molecular weight excluding hydrogens is 356 g/mol. The van der Waals surface area contributed by atoms with E-state index in [0.29, 0.717) is 6.54 Å². The van der Waals surface area contributed by atoms with Crippen molar-refractivity contribution in [2.24, 2.45) is 0 Å². The fraction of sp³-hybridized carbons (Fsp3) is 0.389. The smallest absolute Gasteiger partial charge is 0.278 e. The Morgan fingerprint density at radius 2 is 1.83 bits per heavy atom. The number of amides is 1. The summed E-state index contributed by atoms with van der Waals surface area (Å²) in [5, 5.41) is 2.95. The second-order valence-electron chi connectivity index (χ2n) is 6.18. The van der Waals surface area contributed by atoms with E-state index in [9.17, 15) is 4.79 Å². The van der Waals surface area contributed by atoms with Crippen molar-refractivity contribution in [3.8, 4) is 11.3 Å². The molecule has 0 fully saturated rings. The lowest BCUT2D eigenvalue weighted by Crippen LogP contribution is -3.12. The van der Waals surface area contributed by atoms with Gasteiger partial charge < -0.3 is 14.6 Å². The lowest BCUT2D eigenvalue weighted by atomic mass is 10.2. The van der Waals surface area contributed by atoms with Gasteiger partial charge in [0.25, 0.3) is 5.91 Å². The summed E-state index contributed by atoms with van der Waals surface area (Å²) in [7, 11) is 2.01. The number of quaternary nitrogens is 1. The minimum atomic E-state index is -0.126. The molecule has 0 radical (unpaired) electrons. The van der Waals surface area contributed by atoms with E-state index in [0.717, 1.165) is 26.5 Å². The average molecular weight is 380 g/mol. The number of benzene rings is 1. The Bertz CT molecular complexity index is 649. The van der Waals surface area contributed by atoms with Gasteiger partial charge in [0.05, 0.1) is 7.05 Å². The predicted molar refractivity (Wildman–Crippen MR) is 95.2 cm³/mol. The van der Waals surface area contributed by atoms with Crippen molar-refractivity contribution in [1.82, 2.24) is 5.32 Å². The van der Waals surface area contributed by atoms with Crippen LogP contribution in [0.25, 0.3) is 11.3 Å². The second-order valence-corrected chi connectivity index (χ2v) is 7.10. The molecule has 2 N–H and O–H groups in total. The molecule has 0 aliphatic rings. The zero-order valence-corrected chi connectivity index (χ0v) is 15.6. The molecule has 5 heteroatoms. The quantitative estimate of drug-likeness (QED) is 0.810. The predicted octanol–water partition coefficient (Wildman–Crippen LogP) is 2.64. The standard InChI is InChI=1S/C18H23BrN2O2/c1-12(2)20-18(22)13(3)21(4)11-16-9-10-17(23-16)14-5-7-15(19)8-6-14/h5-10,12-13H,11H2,1-4H3,(H,20,22)/p+1/t13-/m0/s1. The van der Waals surface area contributed by atoms with E-state index in [2.05, 4.69) is 21.2 Å². The Kier molecular flexibility index (Phi) is 6.02. The minimum absolute atomic E-state index is 0.0668. The van der Waals surface area contributed by atoms with Gasteiger partial charge in [0.2, 0.25) is 0 Å². The van der Waals surface area contributed by atoms with Gasteiger partial charge in [0, 0.05) is 16.1 Å². The van der Waals surface area contributed by atoms with Crippen LogP contribution in [-0.4, -0.2) is 25.0 Å². The maximum absolute atomic E-state index is 12.1.